The maximum atomic E-state index is 11.9. The third-order valence-corrected chi connectivity index (χ3v) is 10.8. The van der Waals surface area contributed by atoms with Crippen molar-refractivity contribution in [1.82, 2.24) is 9.97 Å². The van der Waals surface area contributed by atoms with Crippen molar-refractivity contribution in [2.24, 2.45) is 11.3 Å². The predicted molar refractivity (Wildman–Crippen MR) is 238 cm³/mol. The van der Waals surface area contributed by atoms with E-state index in [2.05, 4.69) is 54.1 Å². The molecule has 0 bridgehead atoms. The summed E-state index contributed by atoms with van der Waals surface area (Å²) in [6.45, 7) is 24.4. The second-order valence-electron chi connectivity index (χ2n) is 15.6. The fourth-order valence-electron chi connectivity index (χ4n) is 6.79. The van der Waals surface area contributed by atoms with Crippen LogP contribution in [0, 0.1) is 58.1 Å². The number of nitrogens with zero attached hydrogens (tertiary/aromatic N) is 2. The molecule has 6 rings (SSSR count). The SMILES string of the molecule is CCC(CC)C(=O)/C=C(\O)C(C)(CC)CC.[2H]c1nc(-c2[c-]c(C)cc(C)c2)c2ccc(C(C)C)cc2c1[2H].[2H]c1nc(-c2[c-]c(C)cc(C)c2)c2ccc(C)cc2c1[2H].[Ir]. The minimum Gasteiger partial charge on any atom is -0.512 e. The summed E-state index contributed by atoms with van der Waals surface area (Å²) >= 11 is 0. The summed E-state index contributed by atoms with van der Waals surface area (Å²) in [6, 6.07) is 27.3. The number of hydrogen-bond acceptors (Lipinski definition) is 4. The van der Waals surface area contributed by atoms with Crippen LogP contribution in [0.3, 0.4) is 0 Å². The van der Waals surface area contributed by atoms with Crippen molar-refractivity contribution in [1.29, 1.82) is 0 Å². The standard InChI is InChI=1S/C20H20N.C18H16N.C14H26O2.Ir/c1-13(2)16-5-6-19-17(12-16)7-8-21-20(19)18-10-14(3)9-15(4)11-18;1-12-4-5-17-15(9-12)6-7-19-18(17)16-10-13(2)8-14(3)11-16;1-6-11(7-2)12(15)10-13(16)14(5,8-3)9-4;/h5-10,12-13H,1-4H3;4-10H,1-3H3;10-11,16H,6-9H2,1-5H3;/q2*-1;;/b;;13-10-;/i7D,8D;6D,7D;;. The molecule has 1 radical (unpaired) electrons. The molecule has 0 saturated carbocycles. The Kier molecular flexibility index (Phi) is 15.3. The first kappa shape index (κ1) is 40.7. The van der Waals surface area contributed by atoms with E-state index in [1.807, 2.05) is 112 Å². The number of aliphatic hydroxyl groups is 1. The van der Waals surface area contributed by atoms with E-state index < -0.39 is 0 Å². The minimum absolute atomic E-state index is 0. The summed E-state index contributed by atoms with van der Waals surface area (Å²) in [7, 11) is 0. The third-order valence-electron chi connectivity index (χ3n) is 10.8. The van der Waals surface area contributed by atoms with Gasteiger partial charge in [-0.25, -0.2) is 0 Å². The largest absolute Gasteiger partial charge is 0.512 e. The average molecular weight is 943 g/mol. The van der Waals surface area contributed by atoms with Crippen LogP contribution >= 0.6 is 0 Å². The second-order valence-corrected chi connectivity index (χ2v) is 15.6. The number of aliphatic hydroxyl groups excluding tert-OH is 1. The summed E-state index contributed by atoms with van der Waals surface area (Å²) < 4.78 is 32.3. The Hall–Kier alpha value is -4.44. The first-order valence-corrected chi connectivity index (χ1v) is 20.0. The molecule has 0 amide bonds. The maximum absolute atomic E-state index is 11.9. The number of aromatic nitrogens is 2. The van der Waals surface area contributed by atoms with E-state index >= 15 is 0 Å². The van der Waals surface area contributed by atoms with E-state index in [9.17, 15) is 9.90 Å². The molecule has 0 aliphatic rings. The average Bonchev–Trinajstić information content (AvgIpc) is 3.20. The maximum Gasteiger partial charge on any atom is 0.162 e. The molecule has 0 atom stereocenters. The van der Waals surface area contributed by atoms with Crippen molar-refractivity contribution in [2.75, 3.05) is 0 Å². The molecule has 5 heteroatoms. The number of pyridine rings is 2. The minimum atomic E-state index is -0.248. The fourth-order valence-corrected chi connectivity index (χ4v) is 6.79. The molecule has 0 fully saturated rings. The number of allylic oxidation sites excluding steroid dienone is 2. The van der Waals surface area contributed by atoms with Gasteiger partial charge in [-0.15, -0.1) is 69.8 Å². The van der Waals surface area contributed by atoms with Crippen LogP contribution < -0.4 is 0 Å². The molecule has 0 aliphatic heterocycles. The van der Waals surface area contributed by atoms with Crippen molar-refractivity contribution >= 4 is 27.3 Å². The normalized spacial score (nSPS) is 12.5. The van der Waals surface area contributed by atoms with Crippen molar-refractivity contribution in [3.63, 3.8) is 0 Å². The van der Waals surface area contributed by atoms with Crippen LogP contribution in [-0.4, -0.2) is 20.9 Å². The molecule has 0 unspecified atom stereocenters. The third kappa shape index (κ3) is 12.3. The van der Waals surface area contributed by atoms with Crippen LogP contribution in [0.1, 0.15) is 119 Å². The Labute approximate surface area is 362 Å². The molecule has 4 aromatic carbocycles. The first-order chi connectivity index (χ1) is 28.3. The van der Waals surface area contributed by atoms with Gasteiger partial charge in [-0.05, 0) is 89.1 Å². The van der Waals surface area contributed by atoms with Gasteiger partial charge in [-0.1, -0.05) is 118 Å². The van der Waals surface area contributed by atoms with Crippen LogP contribution in [0.5, 0.6) is 0 Å². The number of carbonyl (C=O) groups excluding carboxylic acids is 1. The first-order valence-electron chi connectivity index (χ1n) is 22.0. The van der Waals surface area contributed by atoms with Crippen molar-refractivity contribution in [3.8, 4) is 22.5 Å². The Morgan fingerprint density at radius 3 is 1.65 bits per heavy atom. The summed E-state index contributed by atoms with van der Waals surface area (Å²) in [5.41, 5.74) is 9.64. The molecule has 0 aliphatic carbocycles. The topological polar surface area (TPSA) is 63.1 Å². The molecule has 0 spiro atoms. The van der Waals surface area contributed by atoms with Crippen LogP contribution in [0.2, 0.25) is 0 Å². The van der Waals surface area contributed by atoms with Gasteiger partial charge in [0.25, 0.3) is 0 Å². The zero-order valence-electron chi connectivity index (χ0n) is 39.9. The molecule has 1 N–H and O–H groups in total. The fraction of sp³-hybridized carbons (Fsp3) is 0.365. The Balaban J connectivity index is 0.000000247. The van der Waals surface area contributed by atoms with Gasteiger partial charge >= 0.3 is 0 Å². The van der Waals surface area contributed by atoms with Crippen molar-refractivity contribution in [2.45, 2.75) is 115 Å². The van der Waals surface area contributed by atoms with Crippen molar-refractivity contribution < 1.29 is 35.5 Å². The van der Waals surface area contributed by atoms with E-state index in [0.29, 0.717) is 5.92 Å². The molecule has 57 heavy (non-hydrogen) atoms. The van der Waals surface area contributed by atoms with E-state index in [-0.39, 0.29) is 67.4 Å². The van der Waals surface area contributed by atoms with Gasteiger partial charge in [0.2, 0.25) is 0 Å². The van der Waals surface area contributed by atoms with E-state index in [1.54, 1.807) is 0 Å². The van der Waals surface area contributed by atoms with Gasteiger partial charge in [0.1, 0.15) is 5.76 Å². The summed E-state index contributed by atoms with van der Waals surface area (Å²) in [6.07, 6.45) is 4.85. The predicted octanol–water partition coefficient (Wildman–Crippen LogP) is 14.3. The molecule has 6 aromatic rings. The van der Waals surface area contributed by atoms with Crippen molar-refractivity contribution in [3.05, 3.63) is 142 Å². The van der Waals surface area contributed by atoms with Crippen LogP contribution in [0.25, 0.3) is 44.1 Å². The van der Waals surface area contributed by atoms with Gasteiger partial charge in [0.15, 0.2) is 5.78 Å². The second kappa shape index (κ2) is 21.4. The molecule has 303 valence electrons. The van der Waals surface area contributed by atoms with Crippen LogP contribution in [-0.2, 0) is 24.9 Å². The Bertz CT molecular complexity index is 2480. The Morgan fingerprint density at radius 1 is 0.737 bits per heavy atom. The summed E-state index contributed by atoms with van der Waals surface area (Å²) in [5, 5.41) is 13.4. The zero-order chi connectivity index (χ0) is 44.6. The molecule has 2 heterocycles. The number of carbonyl (C=O) groups is 1. The number of fused-ring (bicyclic) bond motifs is 2. The van der Waals surface area contributed by atoms with E-state index in [4.69, 9.17) is 5.48 Å². The summed E-state index contributed by atoms with van der Waals surface area (Å²) in [5.74, 6) is 0.752. The molecule has 4 nitrogen and oxygen atoms in total. The molecule has 0 saturated heterocycles. The zero-order valence-corrected chi connectivity index (χ0v) is 38.3. The number of rotatable bonds is 10. The number of hydrogen-bond donors (Lipinski definition) is 1. The van der Waals surface area contributed by atoms with Gasteiger partial charge in [-0.3, -0.25) is 4.79 Å². The molecule has 2 aromatic heterocycles. The molecular formula is C52H62IrN2O2-2. The van der Waals surface area contributed by atoms with Gasteiger partial charge in [0, 0.05) is 49.9 Å². The quantitative estimate of drug-likeness (QED) is 0.0844. The number of benzene rings is 4. The van der Waals surface area contributed by atoms with E-state index in [0.717, 1.165) is 97.6 Å². The van der Waals surface area contributed by atoms with Crippen LogP contribution in [0.15, 0.2) is 96.9 Å². The van der Waals surface area contributed by atoms with Gasteiger partial charge in [-0.2, -0.15) is 0 Å². The smallest absolute Gasteiger partial charge is 0.162 e. The summed E-state index contributed by atoms with van der Waals surface area (Å²) in [4.78, 5) is 20.6. The monoisotopic (exact) mass is 943 g/mol. The van der Waals surface area contributed by atoms with E-state index in [1.165, 1.54) is 11.6 Å². The molecular weight excluding hydrogens is 877 g/mol. The number of ketones is 1. The number of aryl methyl sites for hydroxylation is 5. The van der Waals surface area contributed by atoms with Gasteiger partial charge in [0.05, 0.1) is 5.48 Å². The Morgan fingerprint density at radius 2 is 1.21 bits per heavy atom. The van der Waals surface area contributed by atoms with Crippen LogP contribution in [0.4, 0.5) is 0 Å². The van der Waals surface area contributed by atoms with Gasteiger partial charge < -0.3 is 15.1 Å².